The first kappa shape index (κ1) is 15.8. The minimum Gasteiger partial charge on any atom is -0.508 e. The molecule has 0 aliphatic carbocycles. The van der Waals surface area contributed by atoms with Gasteiger partial charge in [0.15, 0.2) is 11.5 Å². The van der Waals surface area contributed by atoms with Crippen LogP contribution in [0.15, 0.2) is 30.3 Å². The van der Waals surface area contributed by atoms with Crippen LogP contribution in [0, 0.1) is 0 Å². The second kappa shape index (κ2) is 6.93. The van der Waals surface area contributed by atoms with Gasteiger partial charge < -0.3 is 24.4 Å². The molecule has 5 heteroatoms. The predicted molar refractivity (Wildman–Crippen MR) is 83.3 cm³/mol. The molecule has 118 valence electrons. The zero-order valence-corrected chi connectivity index (χ0v) is 12.9. The van der Waals surface area contributed by atoms with Crippen LogP contribution >= 0.6 is 0 Å². The Morgan fingerprint density at radius 2 is 1.45 bits per heavy atom. The van der Waals surface area contributed by atoms with Crippen LogP contribution in [0.1, 0.15) is 11.1 Å². The summed E-state index contributed by atoms with van der Waals surface area (Å²) in [6.07, 6.45) is 1.32. The molecular formula is C17H20O5. The lowest BCUT2D eigenvalue weighted by Gasteiger charge is -2.14. The van der Waals surface area contributed by atoms with E-state index in [4.69, 9.17) is 14.2 Å². The van der Waals surface area contributed by atoms with E-state index in [9.17, 15) is 10.2 Å². The molecule has 0 radical (unpaired) electrons. The van der Waals surface area contributed by atoms with Crippen molar-refractivity contribution in [1.82, 2.24) is 0 Å². The van der Waals surface area contributed by atoms with Gasteiger partial charge in [-0.15, -0.1) is 0 Å². The molecule has 5 nitrogen and oxygen atoms in total. The third-order valence-corrected chi connectivity index (χ3v) is 3.48. The fraction of sp³-hybridized carbons (Fsp3) is 0.294. The summed E-state index contributed by atoms with van der Waals surface area (Å²) < 4.78 is 15.9. The highest BCUT2D eigenvalue weighted by molar-refractivity contribution is 5.54. The molecule has 22 heavy (non-hydrogen) atoms. The van der Waals surface area contributed by atoms with Gasteiger partial charge in [-0.3, -0.25) is 0 Å². The van der Waals surface area contributed by atoms with Crippen molar-refractivity contribution in [3.8, 4) is 28.7 Å². The molecule has 2 N–H and O–H groups in total. The van der Waals surface area contributed by atoms with Crippen molar-refractivity contribution in [2.45, 2.75) is 12.8 Å². The maximum absolute atomic E-state index is 9.82. The van der Waals surface area contributed by atoms with Gasteiger partial charge in [0, 0.05) is 6.07 Å². The molecule has 0 spiro atoms. The molecule has 0 saturated heterocycles. The normalized spacial score (nSPS) is 10.3. The second-order valence-corrected chi connectivity index (χ2v) is 4.85. The summed E-state index contributed by atoms with van der Waals surface area (Å²) in [6.45, 7) is 0. The number of phenols is 2. The number of ether oxygens (including phenoxy) is 3. The molecule has 2 aromatic carbocycles. The SMILES string of the molecule is COc1cc(CCc2ccc(O)cc2O)cc(OC)c1OC. The molecule has 0 atom stereocenters. The van der Waals surface area contributed by atoms with Gasteiger partial charge in [0.2, 0.25) is 5.75 Å². The highest BCUT2D eigenvalue weighted by Gasteiger charge is 2.13. The van der Waals surface area contributed by atoms with Gasteiger partial charge in [-0.2, -0.15) is 0 Å². The van der Waals surface area contributed by atoms with Gasteiger partial charge in [-0.05, 0) is 42.2 Å². The lowest BCUT2D eigenvalue weighted by Crippen LogP contribution is -1.98. The van der Waals surface area contributed by atoms with E-state index >= 15 is 0 Å². The summed E-state index contributed by atoms with van der Waals surface area (Å²) in [5.74, 6) is 1.90. The maximum Gasteiger partial charge on any atom is 0.203 e. The Kier molecular flexibility index (Phi) is 4.99. The van der Waals surface area contributed by atoms with Crippen molar-refractivity contribution < 1.29 is 24.4 Å². The summed E-state index contributed by atoms with van der Waals surface area (Å²) in [5, 5.41) is 19.1. The van der Waals surface area contributed by atoms with Crippen LogP contribution in [0.4, 0.5) is 0 Å². The van der Waals surface area contributed by atoms with Crippen molar-refractivity contribution in [2.24, 2.45) is 0 Å². The Morgan fingerprint density at radius 3 is 1.95 bits per heavy atom. The van der Waals surface area contributed by atoms with E-state index in [1.165, 1.54) is 6.07 Å². The molecule has 0 saturated carbocycles. The van der Waals surface area contributed by atoms with Crippen molar-refractivity contribution in [1.29, 1.82) is 0 Å². The Balaban J connectivity index is 2.22. The number of benzene rings is 2. The number of rotatable bonds is 6. The van der Waals surface area contributed by atoms with Crippen molar-refractivity contribution in [3.63, 3.8) is 0 Å². The van der Waals surface area contributed by atoms with E-state index in [0.717, 1.165) is 11.1 Å². The van der Waals surface area contributed by atoms with Crippen LogP contribution in [0.5, 0.6) is 28.7 Å². The van der Waals surface area contributed by atoms with E-state index < -0.39 is 0 Å². The molecule has 0 unspecified atom stereocenters. The van der Waals surface area contributed by atoms with E-state index in [1.807, 2.05) is 12.1 Å². The molecule has 2 rings (SSSR count). The number of aryl methyl sites for hydroxylation is 2. The monoisotopic (exact) mass is 304 g/mol. The summed E-state index contributed by atoms with van der Waals surface area (Å²) >= 11 is 0. The van der Waals surface area contributed by atoms with Crippen LogP contribution < -0.4 is 14.2 Å². The van der Waals surface area contributed by atoms with E-state index in [0.29, 0.717) is 30.1 Å². The molecule has 0 bridgehead atoms. The number of aromatic hydroxyl groups is 2. The van der Waals surface area contributed by atoms with Crippen molar-refractivity contribution in [2.75, 3.05) is 21.3 Å². The zero-order valence-electron chi connectivity index (χ0n) is 12.9. The Bertz CT molecular complexity index is 626. The minimum atomic E-state index is 0.0500. The third-order valence-electron chi connectivity index (χ3n) is 3.48. The Morgan fingerprint density at radius 1 is 0.818 bits per heavy atom. The van der Waals surface area contributed by atoms with Crippen molar-refractivity contribution >= 4 is 0 Å². The number of hydrogen-bond donors (Lipinski definition) is 2. The number of hydrogen-bond acceptors (Lipinski definition) is 5. The van der Waals surface area contributed by atoms with Crippen LogP contribution in [0.3, 0.4) is 0 Å². The first-order valence-electron chi connectivity index (χ1n) is 6.88. The summed E-state index contributed by atoms with van der Waals surface area (Å²) in [5.41, 5.74) is 1.77. The van der Waals surface area contributed by atoms with Crippen LogP contribution in [0.25, 0.3) is 0 Å². The molecule has 2 aromatic rings. The predicted octanol–water partition coefficient (Wildman–Crippen LogP) is 2.91. The minimum absolute atomic E-state index is 0.0500. The number of phenolic OH excluding ortho intramolecular Hbond substituents is 2. The van der Waals surface area contributed by atoms with E-state index in [-0.39, 0.29) is 11.5 Å². The highest BCUT2D eigenvalue weighted by atomic mass is 16.5. The van der Waals surface area contributed by atoms with Gasteiger partial charge in [-0.1, -0.05) is 6.07 Å². The van der Waals surface area contributed by atoms with Gasteiger partial charge in [0.05, 0.1) is 21.3 Å². The standard InChI is InChI=1S/C17H20O5/c1-20-15-8-11(9-16(21-2)17(15)22-3)4-5-12-6-7-13(18)10-14(12)19/h6-10,18-19H,4-5H2,1-3H3. The summed E-state index contributed by atoms with van der Waals surface area (Å²) in [4.78, 5) is 0. The lowest BCUT2D eigenvalue weighted by atomic mass is 10.0. The first-order chi connectivity index (χ1) is 10.6. The Labute approximate surface area is 129 Å². The number of methoxy groups -OCH3 is 3. The van der Waals surface area contributed by atoms with Crippen LogP contribution in [-0.2, 0) is 12.8 Å². The average Bonchev–Trinajstić information content (AvgIpc) is 2.52. The molecule has 0 amide bonds. The smallest absolute Gasteiger partial charge is 0.203 e. The fourth-order valence-electron chi connectivity index (χ4n) is 2.32. The zero-order chi connectivity index (χ0) is 16.1. The topological polar surface area (TPSA) is 68.2 Å². The van der Waals surface area contributed by atoms with Gasteiger partial charge in [-0.25, -0.2) is 0 Å². The van der Waals surface area contributed by atoms with E-state index in [2.05, 4.69) is 0 Å². The first-order valence-corrected chi connectivity index (χ1v) is 6.88. The van der Waals surface area contributed by atoms with Gasteiger partial charge in [0.25, 0.3) is 0 Å². The highest BCUT2D eigenvalue weighted by Crippen LogP contribution is 2.38. The van der Waals surface area contributed by atoms with Crippen LogP contribution in [0.2, 0.25) is 0 Å². The quantitative estimate of drug-likeness (QED) is 0.859. The summed E-state index contributed by atoms with van der Waals surface area (Å²) in [7, 11) is 4.72. The molecule has 0 heterocycles. The Hall–Kier alpha value is -2.56. The lowest BCUT2D eigenvalue weighted by molar-refractivity contribution is 0.324. The second-order valence-electron chi connectivity index (χ2n) is 4.85. The van der Waals surface area contributed by atoms with Gasteiger partial charge >= 0.3 is 0 Å². The molecule has 0 aliphatic rings. The average molecular weight is 304 g/mol. The van der Waals surface area contributed by atoms with Crippen molar-refractivity contribution in [3.05, 3.63) is 41.5 Å². The molecular weight excluding hydrogens is 284 g/mol. The maximum atomic E-state index is 9.82. The molecule has 0 aliphatic heterocycles. The van der Waals surface area contributed by atoms with E-state index in [1.54, 1.807) is 33.5 Å². The van der Waals surface area contributed by atoms with Crippen LogP contribution in [-0.4, -0.2) is 31.5 Å². The third kappa shape index (κ3) is 3.36. The van der Waals surface area contributed by atoms with Gasteiger partial charge in [0.1, 0.15) is 11.5 Å². The summed E-state index contributed by atoms with van der Waals surface area (Å²) in [6, 6.07) is 8.38. The largest absolute Gasteiger partial charge is 0.508 e. The fourth-order valence-corrected chi connectivity index (χ4v) is 2.32. The molecule has 0 aromatic heterocycles. The molecule has 0 fully saturated rings.